The fraction of sp³-hybridized carbons (Fsp3) is 0.625. The molecule has 0 aliphatic heterocycles. The molecular weight excluding hydrogens is 252 g/mol. The van der Waals surface area contributed by atoms with E-state index in [1.807, 2.05) is 11.3 Å². The fourth-order valence-electron chi connectivity index (χ4n) is 2.12. The number of hydrogen-bond donors (Lipinski definition) is 1. The van der Waals surface area contributed by atoms with Gasteiger partial charge in [-0.3, -0.25) is 4.90 Å². The largest absolute Gasteiger partial charge is 0.312 e. The highest BCUT2D eigenvalue weighted by atomic mass is 32.1. The lowest BCUT2D eigenvalue weighted by molar-refractivity contribution is 0.355. The first-order valence-corrected chi connectivity index (χ1v) is 7.82. The van der Waals surface area contributed by atoms with Gasteiger partial charge < -0.3 is 5.32 Å². The molecule has 1 heterocycles. The van der Waals surface area contributed by atoms with Gasteiger partial charge in [0.2, 0.25) is 0 Å². The quantitative estimate of drug-likeness (QED) is 0.728. The molecule has 0 spiro atoms. The first-order valence-electron chi connectivity index (χ1n) is 7.00. The zero-order valence-electron chi connectivity index (χ0n) is 13.0. The van der Waals surface area contributed by atoms with Crippen LogP contribution in [0, 0.1) is 12.8 Å². The number of rotatable bonds is 8. The van der Waals surface area contributed by atoms with Gasteiger partial charge in [-0.1, -0.05) is 26.0 Å². The number of aryl methyl sites for hydroxylation is 1. The molecule has 0 aliphatic rings. The van der Waals surface area contributed by atoms with Gasteiger partial charge in [0.25, 0.3) is 0 Å². The number of likely N-dealkylation sites (N-methyl/N-ethyl adjacent to an activating group) is 1. The minimum atomic E-state index is 0.710. The van der Waals surface area contributed by atoms with Gasteiger partial charge in [0.05, 0.1) is 0 Å². The van der Waals surface area contributed by atoms with Crippen LogP contribution < -0.4 is 5.32 Å². The summed E-state index contributed by atoms with van der Waals surface area (Å²) in [5, 5.41) is 3.51. The Kier molecular flexibility index (Phi) is 6.76. The zero-order valence-corrected chi connectivity index (χ0v) is 13.9. The summed E-state index contributed by atoms with van der Waals surface area (Å²) in [6, 6.07) is 2.35. The molecule has 0 aliphatic carbocycles. The third kappa shape index (κ3) is 6.37. The Balaban J connectivity index is 2.51. The highest BCUT2D eigenvalue weighted by Crippen LogP contribution is 2.22. The predicted octanol–water partition coefficient (Wildman–Crippen LogP) is 3.81. The Hall–Kier alpha value is -0.640. The van der Waals surface area contributed by atoms with Gasteiger partial charge in [-0.2, -0.15) is 0 Å². The normalized spacial score (nSPS) is 11.5. The molecule has 0 amide bonds. The maximum atomic E-state index is 3.97. The molecule has 0 bridgehead atoms. The Morgan fingerprint density at radius 3 is 2.74 bits per heavy atom. The summed E-state index contributed by atoms with van der Waals surface area (Å²) in [7, 11) is 2.16. The Morgan fingerprint density at radius 2 is 2.16 bits per heavy atom. The van der Waals surface area contributed by atoms with Crippen molar-refractivity contribution >= 4 is 11.3 Å². The van der Waals surface area contributed by atoms with Crippen molar-refractivity contribution in [1.82, 2.24) is 10.2 Å². The van der Waals surface area contributed by atoms with Crippen LogP contribution in [0.3, 0.4) is 0 Å². The third-order valence-corrected chi connectivity index (χ3v) is 4.00. The van der Waals surface area contributed by atoms with E-state index in [1.165, 1.54) is 20.9 Å². The van der Waals surface area contributed by atoms with E-state index in [0.717, 1.165) is 26.2 Å². The average molecular weight is 280 g/mol. The maximum absolute atomic E-state index is 3.97. The first-order chi connectivity index (χ1) is 8.88. The molecule has 1 aromatic heterocycles. The number of nitrogens with zero attached hydrogens (tertiary/aromatic N) is 1. The predicted molar refractivity (Wildman–Crippen MR) is 86.7 cm³/mol. The lowest BCUT2D eigenvalue weighted by Gasteiger charge is -2.16. The van der Waals surface area contributed by atoms with Crippen molar-refractivity contribution < 1.29 is 0 Å². The van der Waals surface area contributed by atoms with Crippen LogP contribution in [0.4, 0.5) is 0 Å². The maximum Gasteiger partial charge on any atom is 0.0300 e. The van der Waals surface area contributed by atoms with E-state index in [9.17, 15) is 0 Å². The van der Waals surface area contributed by atoms with Crippen molar-refractivity contribution in [2.45, 2.75) is 40.8 Å². The van der Waals surface area contributed by atoms with E-state index in [2.05, 4.69) is 57.6 Å². The van der Waals surface area contributed by atoms with Crippen LogP contribution in [0.25, 0.3) is 0 Å². The molecular formula is C16H28N2S. The van der Waals surface area contributed by atoms with E-state index in [1.54, 1.807) is 0 Å². The number of nitrogens with one attached hydrogen (secondary N) is 1. The van der Waals surface area contributed by atoms with Crippen molar-refractivity contribution in [1.29, 1.82) is 0 Å². The Bertz CT molecular complexity index is 407. The molecule has 19 heavy (non-hydrogen) atoms. The molecule has 0 radical (unpaired) electrons. The summed E-state index contributed by atoms with van der Waals surface area (Å²) in [6.45, 7) is 16.8. The van der Waals surface area contributed by atoms with Gasteiger partial charge in [-0.15, -0.1) is 11.3 Å². The molecule has 2 nitrogen and oxygen atoms in total. The standard InChI is InChI=1S/C16H28N2S/c1-12(2)8-17-9-16-7-15(14(5)19-16)11-18(6)10-13(3)4/h7,12,17H,3,8-11H2,1-2,4-6H3. The van der Waals surface area contributed by atoms with Crippen LogP contribution in [0.2, 0.25) is 0 Å². The molecule has 1 N–H and O–H groups in total. The zero-order chi connectivity index (χ0) is 14.4. The summed E-state index contributed by atoms with van der Waals surface area (Å²) in [5.74, 6) is 0.710. The fourth-order valence-corrected chi connectivity index (χ4v) is 3.15. The number of hydrogen-bond acceptors (Lipinski definition) is 3. The summed E-state index contributed by atoms with van der Waals surface area (Å²) in [5.41, 5.74) is 2.67. The highest BCUT2D eigenvalue weighted by molar-refractivity contribution is 7.12. The molecule has 0 atom stereocenters. The smallest absolute Gasteiger partial charge is 0.0300 e. The first kappa shape index (κ1) is 16.4. The lowest BCUT2D eigenvalue weighted by Crippen LogP contribution is -2.19. The average Bonchev–Trinajstić information content (AvgIpc) is 2.57. The minimum Gasteiger partial charge on any atom is -0.312 e. The van der Waals surface area contributed by atoms with Crippen LogP contribution in [-0.4, -0.2) is 25.0 Å². The molecule has 108 valence electrons. The minimum absolute atomic E-state index is 0.710. The van der Waals surface area contributed by atoms with Gasteiger partial charge in [0.15, 0.2) is 0 Å². The SMILES string of the molecule is C=C(C)CN(C)Cc1cc(CNCC(C)C)sc1C. The van der Waals surface area contributed by atoms with Crippen molar-refractivity contribution in [2.24, 2.45) is 5.92 Å². The van der Waals surface area contributed by atoms with E-state index in [0.29, 0.717) is 5.92 Å². The monoisotopic (exact) mass is 280 g/mol. The van der Waals surface area contributed by atoms with Gasteiger partial charge in [-0.05, 0) is 45.0 Å². The molecule has 0 unspecified atom stereocenters. The van der Waals surface area contributed by atoms with Crippen LogP contribution >= 0.6 is 11.3 Å². The second kappa shape index (κ2) is 7.83. The summed E-state index contributed by atoms with van der Waals surface area (Å²) in [6.07, 6.45) is 0. The van der Waals surface area contributed by atoms with Gasteiger partial charge in [-0.25, -0.2) is 0 Å². The van der Waals surface area contributed by atoms with Crippen molar-refractivity contribution in [2.75, 3.05) is 20.1 Å². The van der Waals surface area contributed by atoms with Gasteiger partial charge in [0, 0.05) is 29.4 Å². The topological polar surface area (TPSA) is 15.3 Å². The van der Waals surface area contributed by atoms with Crippen molar-refractivity contribution in [3.63, 3.8) is 0 Å². The highest BCUT2D eigenvalue weighted by Gasteiger charge is 2.08. The van der Waals surface area contributed by atoms with Gasteiger partial charge >= 0.3 is 0 Å². The molecule has 0 aromatic carbocycles. The third-order valence-electron chi connectivity index (χ3n) is 2.90. The Morgan fingerprint density at radius 1 is 1.47 bits per heavy atom. The second-order valence-electron chi connectivity index (χ2n) is 5.95. The molecule has 0 saturated heterocycles. The van der Waals surface area contributed by atoms with Crippen LogP contribution in [-0.2, 0) is 13.1 Å². The number of thiophene rings is 1. The van der Waals surface area contributed by atoms with Crippen molar-refractivity contribution in [3.8, 4) is 0 Å². The summed E-state index contributed by atoms with van der Waals surface area (Å²) >= 11 is 1.92. The van der Waals surface area contributed by atoms with Gasteiger partial charge in [0.1, 0.15) is 0 Å². The molecule has 3 heteroatoms. The van der Waals surface area contributed by atoms with Crippen LogP contribution in [0.1, 0.15) is 36.1 Å². The van der Waals surface area contributed by atoms with Crippen LogP contribution in [0.15, 0.2) is 18.2 Å². The Labute approximate surface area is 122 Å². The van der Waals surface area contributed by atoms with Crippen LogP contribution in [0.5, 0.6) is 0 Å². The molecule has 0 saturated carbocycles. The van der Waals surface area contributed by atoms with E-state index < -0.39 is 0 Å². The molecule has 1 aromatic rings. The summed E-state index contributed by atoms with van der Waals surface area (Å²) in [4.78, 5) is 5.20. The van der Waals surface area contributed by atoms with E-state index >= 15 is 0 Å². The van der Waals surface area contributed by atoms with Crippen molar-refractivity contribution in [3.05, 3.63) is 33.5 Å². The molecule has 1 rings (SSSR count). The lowest BCUT2D eigenvalue weighted by atomic mass is 10.2. The molecule has 0 fully saturated rings. The van der Waals surface area contributed by atoms with E-state index in [4.69, 9.17) is 0 Å². The summed E-state index contributed by atoms with van der Waals surface area (Å²) < 4.78 is 0. The van der Waals surface area contributed by atoms with E-state index in [-0.39, 0.29) is 0 Å². The second-order valence-corrected chi connectivity index (χ2v) is 7.29.